The Hall–Kier alpha value is -2.80. The van der Waals surface area contributed by atoms with E-state index < -0.39 is 0 Å². The average molecular weight is 465 g/mol. The van der Waals surface area contributed by atoms with Gasteiger partial charge in [0.2, 0.25) is 0 Å². The van der Waals surface area contributed by atoms with Gasteiger partial charge in [-0.2, -0.15) is 9.97 Å². The van der Waals surface area contributed by atoms with E-state index in [4.69, 9.17) is 9.47 Å². The molecule has 1 aliphatic heterocycles. The third kappa shape index (κ3) is 5.63. The van der Waals surface area contributed by atoms with Gasteiger partial charge in [-0.25, -0.2) is 0 Å². The first-order chi connectivity index (χ1) is 16.5. The lowest BCUT2D eigenvalue weighted by Crippen LogP contribution is -2.35. The zero-order valence-corrected chi connectivity index (χ0v) is 20.8. The topological polar surface area (TPSA) is 77.4 Å². The van der Waals surface area contributed by atoms with Crippen molar-refractivity contribution in [1.29, 1.82) is 0 Å². The summed E-state index contributed by atoms with van der Waals surface area (Å²) >= 11 is 0. The molecule has 0 bridgehead atoms. The normalized spacial score (nSPS) is 17.8. The molecule has 0 N–H and O–H groups in total. The van der Waals surface area contributed by atoms with Gasteiger partial charge in [-0.15, -0.1) is 0 Å². The first-order valence-corrected chi connectivity index (χ1v) is 12.5. The van der Waals surface area contributed by atoms with Crippen LogP contribution >= 0.6 is 0 Å². The molecule has 0 amide bonds. The van der Waals surface area contributed by atoms with Crippen molar-refractivity contribution in [2.24, 2.45) is 11.8 Å². The molecule has 0 unspecified atom stereocenters. The molecule has 1 fully saturated rings. The Kier molecular flexibility index (Phi) is 7.93. The summed E-state index contributed by atoms with van der Waals surface area (Å²) in [6.07, 6.45) is 8.46. The highest BCUT2D eigenvalue weighted by atomic mass is 16.5. The van der Waals surface area contributed by atoms with Gasteiger partial charge in [-0.3, -0.25) is 9.78 Å². The molecule has 4 rings (SSSR count). The lowest BCUT2D eigenvalue weighted by Gasteiger charge is -2.34. The van der Waals surface area contributed by atoms with E-state index >= 15 is 0 Å². The van der Waals surface area contributed by atoms with Crippen LogP contribution in [0.4, 0.5) is 5.82 Å². The van der Waals surface area contributed by atoms with Gasteiger partial charge in [0.15, 0.2) is 5.78 Å². The van der Waals surface area contributed by atoms with Gasteiger partial charge in [0.05, 0.1) is 12.3 Å². The van der Waals surface area contributed by atoms with Crippen molar-refractivity contribution in [2.45, 2.75) is 59.0 Å². The molecular formula is C27H36N4O3. The van der Waals surface area contributed by atoms with Crippen molar-refractivity contribution < 1.29 is 14.3 Å². The Morgan fingerprint density at radius 1 is 1.24 bits per heavy atom. The van der Waals surface area contributed by atoms with Crippen LogP contribution in [0.2, 0.25) is 0 Å². The Labute approximate surface area is 202 Å². The molecule has 1 saturated heterocycles. The van der Waals surface area contributed by atoms with E-state index in [1.165, 1.54) is 16.8 Å². The van der Waals surface area contributed by atoms with Gasteiger partial charge in [-0.05, 0) is 48.8 Å². The number of allylic oxidation sites excluding steroid dienone is 2. The van der Waals surface area contributed by atoms with Crippen LogP contribution in [0.5, 0.6) is 6.01 Å². The lowest BCUT2D eigenvalue weighted by atomic mass is 9.86. The smallest absolute Gasteiger partial charge is 0.319 e. The van der Waals surface area contributed by atoms with Crippen LogP contribution in [-0.2, 0) is 11.2 Å². The molecular weight excluding hydrogens is 428 g/mol. The number of Topliss-reactive ketones (excluding diaryl/α,β-unsaturated/α-hetero) is 1. The lowest BCUT2D eigenvalue weighted by molar-refractivity contribution is 0.0844. The highest BCUT2D eigenvalue weighted by Crippen LogP contribution is 2.37. The van der Waals surface area contributed by atoms with E-state index in [-0.39, 0.29) is 17.9 Å². The number of pyridine rings is 1. The maximum Gasteiger partial charge on any atom is 0.319 e. The number of nitrogens with zero attached hydrogens (tertiary/aromatic N) is 4. The van der Waals surface area contributed by atoms with Crippen molar-refractivity contribution in [1.82, 2.24) is 15.0 Å². The number of methoxy groups -OCH3 is 1. The number of aromatic nitrogens is 3. The number of piperidine rings is 1. The van der Waals surface area contributed by atoms with Gasteiger partial charge in [0.25, 0.3) is 0 Å². The third-order valence-corrected chi connectivity index (χ3v) is 6.89. The summed E-state index contributed by atoms with van der Waals surface area (Å²) in [5.41, 5.74) is 4.37. The first-order valence-electron chi connectivity index (χ1n) is 12.5. The molecule has 0 radical (unpaired) electrons. The molecule has 2 aliphatic rings. The quantitative estimate of drug-likeness (QED) is 0.469. The number of hydrogen-bond donors (Lipinski definition) is 0. The van der Waals surface area contributed by atoms with Crippen LogP contribution in [0.3, 0.4) is 0 Å². The zero-order valence-electron chi connectivity index (χ0n) is 20.8. The first kappa shape index (κ1) is 24.3. The Balaban J connectivity index is 1.50. The number of hydrogen-bond acceptors (Lipinski definition) is 7. The molecule has 34 heavy (non-hydrogen) atoms. The largest absolute Gasteiger partial charge is 0.458 e. The van der Waals surface area contributed by atoms with E-state index in [1.54, 1.807) is 7.11 Å². The molecule has 0 spiro atoms. The molecule has 0 aromatic carbocycles. The number of carbonyl (C=O) groups is 1. The summed E-state index contributed by atoms with van der Waals surface area (Å²) in [6, 6.07) is 6.30. The maximum atomic E-state index is 13.0. The Bertz CT molecular complexity index is 1030. The molecule has 2 atom stereocenters. The molecule has 3 heterocycles. The molecule has 7 nitrogen and oxygen atoms in total. The molecule has 7 heteroatoms. The minimum Gasteiger partial charge on any atom is -0.458 e. The van der Waals surface area contributed by atoms with Gasteiger partial charge < -0.3 is 14.4 Å². The van der Waals surface area contributed by atoms with Crippen molar-refractivity contribution >= 4 is 17.2 Å². The summed E-state index contributed by atoms with van der Waals surface area (Å²) in [5.74, 6) is 1.64. The molecule has 1 aliphatic carbocycles. The van der Waals surface area contributed by atoms with Crippen LogP contribution in [-0.4, -0.2) is 53.6 Å². The fraction of sp³-hybridized carbons (Fsp3) is 0.556. The third-order valence-electron chi connectivity index (χ3n) is 6.89. The summed E-state index contributed by atoms with van der Waals surface area (Å²) < 4.78 is 11.1. The standard InChI is InChI=1S/C27H36N4O3/c1-5-18(2)15-25(32)24-16-26(30-27(29-24)34-19(3)17-33-4)31-13-10-20(11-14-31)21-8-9-23-22(21)7-6-12-28-23/h6-8,12,16,18-20H,5,9-11,13-15,17H2,1-4H3/t18-,19+/m0/s1. The molecule has 182 valence electrons. The molecule has 2 aromatic rings. The second kappa shape index (κ2) is 11.1. The van der Waals surface area contributed by atoms with Gasteiger partial charge >= 0.3 is 6.01 Å². The predicted molar refractivity (Wildman–Crippen MR) is 133 cm³/mol. The summed E-state index contributed by atoms with van der Waals surface area (Å²) in [5, 5.41) is 0. The van der Waals surface area contributed by atoms with Crippen LogP contribution < -0.4 is 9.64 Å². The van der Waals surface area contributed by atoms with Crippen LogP contribution in [0.15, 0.2) is 30.5 Å². The van der Waals surface area contributed by atoms with Crippen molar-refractivity contribution in [3.8, 4) is 6.01 Å². The van der Waals surface area contributed by atoms with E-state index in [1.807, 2.05) is 25.3 Å². The van der Waals surface area contributed by atoms with Gasteiger partial charge in [0.1, 0.15) is 17.6 Å². The Morgan fingerprint density at radius 2 is 2.03 bits per heavy atom. The van der Waals surface area contributed by atoms with Crippen LogP contribution in [0.1, 0.15) is 68.2 Å². The minimum absolute atomic E-state index is 0.0392. The van der Waals surface area contributed by atoms with Crippen molar-refractivity contribution in [2.75, 3.05) is 31.7 Å². The van der Waals surface area contributed by atoms with Crippen molar-refractivity contribution in [3.63, 3.8) is 0 Å². The van der Waals surface area contributed by atoms with Crippen LogP contribution in [0.25, 0.3) is 5.57 Å². The highest BCUT2D eigenvalue weighted by molar-refractivity contribution is 5.95. The molecule has 2 aromatic heterocycles. The van der Waals surface area contributed by atoms with E-state index in [9.17, 15) is 4.79 Å². The van der Waals surface area contributed by atoms with Gasteiger partial charge in [0, 0.05) is 45.3 Å². The number of ketones is 1. The second-order valence-corrected chi connectivity index (χ2v) is 9.54. The Morgan fingerprint density at radius 3 is 2.76 bits per heavy atom. The fourth-order valence-electron chi connectivity index (χ4n) is 4.77. The number of fused-ring (bicyclic) bond motifs is 1. The predicted octanol–water partition coefficient (Wildman–Crippen LogP) is 4.76. The zero-order chi connectivity index (χ0) is 24.1. The maximum absolute atomic E-state index is 13.0. The fourth-order valence-corrected chi connectivity index (χ4v) is 4.77. The van der Waals surface area contributed by atoms with Crippen molar-refractivity contribution in [3.05, 3.63) is 47.4 Å². The number of ether oxygens (including phenoxy) is 2. The number of carbonyl (C=O) groups excluding carboxylic acids is 1. The molecule has 0 saturated carbocycles. The summed E-state index contributed by atoms with van der Waals surface area (Å²) in [7, 11) is 1.64. The van der Waals surface area contributed by atoms with Crippen LogP contribution in [0, 0.1) is 11.8 Å². The minimum atomic E-state index is -0.202. The summed E-state index contributed by atoms with van der Waals surface area (Å²) in [4.78, 5) is 28.9. The van der Waals surface area contributed by atoms with E-state index in [2.05, 4.69) is 45.8 Å². The van der Waals surface area contributed by atoms with Gasteiger partial charge in [-0.1, -0.05) is 32.4 Å². The number of anilines is 1. The van der Waals surface area contributed by atoms with E-state index in [0.717, 1.165) is 44.6 Å². The highest BCUT2D eigenvalue weighted by Gasteiger charge is 2.28. The van der Waals surface area contributed by atoms with E-state index in [0.29, 0.717) is 30.6 Å². The number of rotatable bonds is 10. The second-order valence-electron chi connectivity index (χ2n) is 9.54. The monoisotopic (exact) mass is 464 g/mol. The summed E-state index contributed by atoms with van der Waals surface area (Å²) in [6.45, 7) is 8.28. The average Bonchev–Trinajstić information content (AvgIpc) is 3.28. The SMILES string of the molecule is CC[C@H](C)CC(=O)c1cc(N2CCC(C3=CCc4ncccc43)CC2)nc(O[C@H](C)COC)n1.